The monoisotopic (exact) mass is 155 g/mol. The van der Waals surface area contributed by atoms with Crippen molar-refractivity contribution in [3.05, 3.63) is 0 Å². The zero-order chi connectivity index (χ0) is 8.43. The minimum Gasteiger partial charge on any atom is -0.298 e. The summed E-state index contributed by atoms with van der Waals surface area (Å²) in [6.45, 7) is 3.93. The lowest BCUT2D eigenvalue weighted by atomic mass is 10.1. The molecule has 0 bridgehead atoms. The standard InChI is InChI=1S/C9H17NO/c1-4-9(11)7(2)10(3)8-5-6-8/h7-8H,4-6H2,1-3H3. The van der Waals surface area contributed by atoms with Crippen molar-refractivity contribution in [2.75, 3.05) is 7.05 Å². The van der Waals surface area contributed by atoms with Gasteiger partial charge in [-0.1, -0.05) is 6.92 Å². The summed E-state index contributed by atoms with van der Waals surface area (Å²) in [6, 6.07) is 0.827. The Labute approximate surface area is 68.6 Å². The molecule has 1 aliphatic carbocycles. The van der Waals surface area contributed by atoms with E-state index in [1.165, 1.54) is 12.8 Å². The largest absolute Gasteiger partial charge is 0.298 e. The number of Topliss-reactive ketones (excluding diaryl/α,β-unsaturated/α-hetero) is 1. The molecule has 64 valence electrons. The molecule has 1 aliphatic rings. The Hall–Kier alpha value is -0.370. The van der Waals surface area contributed by atoms with Crippen LogP contribution in [0.25, 0.3) is 0 Å². The Morgan fingerprint density at radius 2 is 2.18 bits per heavy atom. The van der Waals surface area contributed by atoms with Crippen molar-refractivity contribution in [3.63, 3.8) is 0 Å². The van der Waals surface area contributed by atoms with Gasteiger partial charge in [-0.3, -0.25) is 9.69 Å². The third-order valence-electron chi connectivity index (χ3n) is 2.55. The molecule has 0 spiro atoms. The number of ketones is 1. The van der Waals surface area contributed by atoms with E-state index in [9.17, 15) is 4.79 Å². The lowest BCUT2D eigenvalue weighted by Crippen LogP contribution is -2.37. The van der Waals surface area contributed by atoms with Crippen LogP contribution in [0.15, 0.2) is 0 Å². The van der Waals surface area contributed by atoms with E-state index < -0.39 is 0 Å². The van der Waals surface area contributed by atoms with Crippen LogP contribution in [0.1, 0.15) is 33.1 Å². The van der Waals surface area contributed by atoms with Crippen LogP contribution in [0.4, 0.5) is 0 Å². The summed E-state index contributed by atoms with van der Waals surface area (Å²) in [4.78, 5) is 13.4. The molecule has 0 aromatic heterocycles. The van der Waals surface area contributed by atoms with Crippen LogP contribution in [0.3, 0.4) is 0 Å². The number of nitrogens with zero attached hydrogens (tertiary/aromatic N) is 1. The van der Waals surface area contributed by atoms with Gasteiger partial charge in [0.2, 0.25) is 0 Å². The molecule has 0 aliphatic heterocycles. The second kappa shape index (κ2) is 3.35. The van der Waals surface area contributed by atoms with Crippen LogP contribution in [-0.4, -0.2) is 29.8 Å². The summed E-state index contributed by atoms with van der Waals surface area (Å²) in [5.41, 5.74) is 0. The zero-order valence-electron chi connectivity index (χ0n) is 7.63. The van der Waals surface area contributed by atoms with Gasteiger partial charge in [0.25, 0.3) is 0 Å². The second-order valence-electron chi connectivity index (χ2n) is 3.39. The summed E-state index contributed by atoms with van der Waals surface area (Å²) in [5.74, 6) is 0.361. The van der Waals surface area contributed by atoms with Crippen molar-refractivity contribution in [2.45, 2.75) is 45.2 Å². The zero-order valence-corrected chi connectivity index (χ0v) is 7.63. The molecular formula is C9H17NO. The van der Waals surface area contributed by atoms with E-state index in [2.05, 4.69) is 11.9 Å². The van der Waals surface area contributed by atoms with E-state index in [1.807, 2.05) is 13.8 Å². The maximum absolute atomic E-state index is 11.2. The Morgan fingerprint density at radius 3 is 2.55 bits per heavy atom. The van der Waals surface area contributed by atoms with Crippen molar-refractivity contribution in [1.82, 2.24) is 4.90 Å². The van der Waals surface area contributed by atoms with E-state index in [-0.39, 0.29) is 6.04 Å². The predicted molar refractivity (Wildman–Crippen MR) is 45.5 cm³/mol. The molecule has 0 radical (unpaired) electrons. The molecule has 0 amide bonds. The van der Waals surface area contributed by atoms with Gasteiger partial charge in [-0.15, -0.1) is 0 Å². The highest BCUT2D eigenvalue weighted by Crippen LogP contribution is 2.27. The van der Waals surface area contributed by atoms with Gasteiger partial charge in [0.1, 0.15) is 5.78 Å². The Kier molecular flexibility index (Phi) is 2.66. The molecule has 1 saturated carbocycles. The summed E-state index contributed by atoms with van der Waals surface area (Å²) >= 11 is 0. The second-order valence-corrected chi connectivity index (χ2v) is 3.39. The van der Waals surface area contributed by atoms with Crippen LogP contribution in [0.2, 0.25) is 0 Å². The van der Waals surface area contributed by atoms with Crippen LogP contribution in [-0.2, 0) is 4.79 Å². The molecule has 0 aromatic carbocycles. The maximum atomic E-state index is 11.2. The first kappa shape index (κ1) is 8.72. The molecule has 1 unspecified atom stereocenters. The average molecular weight is 155 g/mol. The van der Waals surface area contributed by atoms with Gasteiger partial charge in [0, 0.05) is 12.5 Å². The smallest absolute Gasteiger partial charge is 0.149 e. The molecule has 2 heteroatoms. The van der Waals surface area contributed by atoms with Crippen LogP contribution < -0.4 is 0 Å². The molecule has 1 fully saturated rings. The normalized spacial score (nSPS) is 20.4. The fourth-order valence-electron chi connectivity index (χ4n) is 1.32. The van der Waals surface area contributed by atoms with E-state index in [0.29, 0.717) is 18.2 Å². The Morgan fingerprint density at radius 1 is 1.64 bits per heavy atom. The predicted octanol–water partition coefficient (Wildman–Crippen LogP) is 1.45. The summed E-state index contributed by atoms with van der Waals surface area (Å²) in [5, 5.41) is 0. The lowest BCUT2D eigenvalue weighted by Gasteiger charge is -2.22. The van der Waals surface area contributed by atoms with Crippen molar-refractivity contribution >= 4 is 5.78 Å². The highest BCUT2D eigenvalue weighted by atomic mass is 16.1. The van der Waals surface area contributed by atoms with Gasteiger partial charge in [-0.05, 0) is 26.8 Å². The lowest BCUT2D eigenvalue weighted by molar-refractivity contribution is -0.123. The molecular weight excluding hydrogens is 138 g/mol. The van der Waals surface area contributed by atoms with E-state index in [1.54, 1.807) is 0 Å². The first-order valence-electron chi connectivity index (χ1n) is 4.41. The molecule has 0 aromatic rings. The number of carbonyl (C=O) groups is 1. The molecule has 0 saturated heterocycles. The topological polar surface area (TPSA) is 20.3 Å². The van der Waals surface area contributed by atoms with Gasteiger partial charge >= 0.3 is 0 Å². The fraction of sp³-hybridized carbons (Fsp3) is 0.889. The van der Waals surface area contributed by atoms with Gasteiger partial charge in [-0.25, -0.2) is 0 Å². The van der Waals surface area contributed by atoms with Crippen molar-refractivity contribution in [1.29, 1.82) is 0 Å². The van der Waals surface area contributed by atoms with E-state index >= 15 is 0 Å². The number of hydrogen-bond acceptors (Lipinski definition) is 2. The van der Waals surface area contributed by atoms with Gasteiger partial charge in [0.05, 0.1) is 6.04 Å². The quantitative estimate of drug-likeness (QED) is 0.612. The molecule has 1 atom stereocenters. The Balaban J connectivity index is 2.38. The summed E-state index contributed by atoms with van der Waals surface area (Å²) in [7, 11) is 2.05. The highest BCUT2D eigenvalue weighted by molar-refractivity contribution is 5.83. The molecule has 0 N–H and O–H groups in total. The first-order chi connectivity index (χ1) is 5.16. The van der Waals surface area contributed by atoms with Crippen molar-refractivity contribution < 1.29 is 4.79 Å². The SMILES string of the molecule is CCC(=O)C(C)N(C)C1CC1. The first-order valence-corrected chi connectivity index (χ1v) is 4.41. The number of carbonyl (C=O) groups excluding carboxylic acids is 1. The minimum atomic E-state index is 0.132. The van der Waals surface area contributed by atoms with Gasteiger partial charge in [-0.2, -0.15) is 0 Å². The van der Waals surface area contributed by atoms with Gasteiger partial charge in [0.15, 0.2) is 0 Å². The van der Waals surface area contributed by atoms with Crippen LogP contribution in [0.5, 0.6) is 0 Å². The van der Waals surface area contributed by atoms with E-state index in [0.717, 1.165) is 0 Å². The van der Waals surface area contributed by atoms with Crippen LogP contribution >= 0.6 is 0 Å². The minimum absolute atomic E-state index is 0.132. The molecule has 1 rings (SSSR count). The highest BCUT2D eigenvalue weighted by Gasteiger charge is 2.31. The summed E-state index contributed by atoms with van der Waals surface area (Å²) < 4.78 is 0. The average Bonchev–Trinajstić information content (AvgIpc) is 2.82. The van der Waals surface area contributed by atoms with Crippen molar-refractivity contribution in [2.24, 2.45) is 0 Å². The maximum Gasteiger partial charge on any atom is 0.149 e. The third kappa shape index (κ3) is 2.03. The molecule has 2 nitrogen and oxygen atoms in total. The molecule has 11 heavy (non-hydrogen) atoms. The fourth-order valence-corrected chi connectivity index (χ4v) is 1.32. The third-order valence-corrected chi connectivity index (χ3v) is 2.55. The molecule has 0 heterocycles. The van der Waals surface area contributed by atoms with E-state index in [4.69, 9.17) is 0 Å². The number of hydrogen-bond donors (Lipinski definition) is 0. The number of likely N-dealkylation sites (N-methyl/N-ethyl adjacent to an activating group) is 1. The number of rotatable bonds is 4. The van der Waals surface area contributed by atoms with Crippen molar-refractivity contribution in [3.8, 4) is 0 Å². The van der Waals surface area contributed by atoms with Crippen LogP contribution in [0, 0.1) is 0 Å². The van der Waals surface area contributed by atoms with Gasteiger partial charge < -0.3 is 0 Å². The Bertz CT molecular complexity index is 152. The summed E-state index contributed by atoms with van der Waals surface area (Å²) in [6.07, 6.45) is 3.22.